The molecule has 120 valence electrons. The van der Waals surface area contributed by atoms with Gasteiger partial charge in [0.2, 0.25) is 0 Å². The standard InChI is InChI=1S/C15H18O6S/c1-18-11-6-4-10(5-7-11)12-15(13(16)19-2,14(17)20-3)21-8-9-22-12/h4-7,12H,8-9H2,1-3H3. The fraction of sp³-hybridized carbons (Fsp3) is 0.467. The molecule has 1 aromatic rings. The quantitative estimate of drug-likeness (QED) is 0.614. The summed E-state index contributed by atoms with van der Waals surface area (Å²) in [6.07, 6.45) is 0. The van der Waals surface area contributed by atoms with Crippen molar-refractivity contribution >= 4 is 23.7 Å². The third-order valence-corrected chi connectivity index (χ3v) is 4.80. The maximum Gasteiger partial charge on any atom is 0.351 e. The Balaban J connectivity index is 2.47. The van der Waals surface area contributed by atoms with Crippen LogP contribution < -0.4 is 4.74 Å². The fourth-order valence-electron chi connectivity index (χ4n) is 2.39. The summed E-state index contributed by atoms with van der Waals surface area (Å²) in [6.45, 7) is 0.265. The second-order valence-electron chi connectivity index (χ2n) is 4.59. The lowest BCUT2D eigenvalue weighted by Crippen LogP contribution is -2.56. The van der Waals surface area contributed by atoms with Crippen LogP contribution in [0.3, 0.4) is 0 Å². The molecule has 1 saturated heterocycles. The summed E-state index contributed by atoms with van der Waals surface area (Å²) in [5, 5.41) is -0.549. The zero-order chi connectivity index (χ0) is 16.2. The van der Waals surface area contributed by atoms with Crippen molar-refractivity contribution in [2.45, 2.75) is 10.9 Å². The Labute approximate surface area is 133 Å². The van der Waals surface area contributed by atoms with E-state index in [0.717, 1.165) is 5.56 Å². The van der Waals surface area contributed by atoms with E-state index in [1.165, 1.54) is 26.0 Å². The van der Waals surface area contributed by atoms with Gasteiger partial charge in [0.25, 0.3) is 5.60 Å². The summed E-state index contributed by atoms with van der Waals surface area (Å²) in [5.74, 6) is -0.168. The molecule has 1 heterocycles. The van der Waals surface area contributed by atoms with Crippen molar-refractivity contribution in [3.63, 3.8) is 0 Å². The molecule has 2 rings (SSSR count). The molecule has 0 saturated carbocycles. The van der Waals surface area contributed by atoms with Crippen LogP contribution in [0.1, 0.15) is 10.8 Å². The zero-order valence-electron chi connectivity index (χ0n) is 12.7. The van der Waals surface area contributed by atoms with Crippen LogP contribution in [0.5, 0.6) is 5.75 Å². The van der Waals surface area contributed by atoms with Crippen LogP contribution in [-0.4, -0.2) is 51.2 Å². The monoisotopic (exact) mass is 326 g/mol. The number of hydrogen-bond acceptors (Lipinski definition) is 7. The van der Waals surface area contributed by atoms with Gasteiger partial charge in [-0.3, -0.25) is 0 Å². The average Bonchev–Trinajstić information content (AvgIpc) is 2.60. The molecular weight excluding hydrogens is 308 g/mol. The molecule has 1 aliphatic heterocycles. The molecular formula is C15H18O6S. The first kappa shape index (κ1) is 16.6. The van der Waals surface area contributed by atoms with Gasteiger partial charge >= 0.3 is 11.9 Å². The SMILES string of the molecule is COC(=O)C1(C(=O)OC)OCCSC1c1ccc(OC)cc1. The highest BCUT2D eigenvalue weighted by Gasteiger charge is 2.58. The summed E-state index contributed by atoms with van der Waals surface area (Å²) >= 11 is 1.46. The summed E-state index contributed by atoms with van der Waals surface area (Å²) in [5.41, 5.74) is -1.03. The summed E-state index contributed by atoms with van der Waals surface area (Å²) in [6, 6.07) is 7.13. The van der Waals surface area contributed by atoms with E-state index in [9.17, 15) is 9.59 Å². The van der Waals surface area contributed by atoms with Crippen molar-refractivity contribution in [3.8, 4) is 5.75 Å². The van der Waals surface area contributed by atoms with Gasteiger partial charge in [-0.15, -0.1) is 11.8 Å². The smallest absolute Gasteiger partial charge is 0.351 e. The Morgan fingerprint density at radius 3 is 2.23 bits per heavy atom. The lowest BCUT2D eigenvalue weighted by atomic mass is 9.93. The fourth-order valence-corrected chi connectivity index (χ4v) is 3.65. The van der Waals surface area contributed by atoms with E-state index in [2.05, 4.69) is 0 Å². The molecule has 1 aromatic carbocycles. The van der Waals surface area contributed by atoms with E-state index < -0.39 is 22.8 Å². The lowest BCUT2D eigenvalue weighted by Gasteiger charge is -2.38. The molecule has 0 radical (unpaired) electrons. The minimum Gasteiger partial charge on any atom is -0.497 e. The van der Waals surface area contributed by atoms with Gasteiger partial charge in [0.1, 0.15) is 5.75 Å². The molecule has 1 aliphatic rings. The van der Waals surface area contributed by atoms with Gasteiger partial charge in [-0.2, -0.15) is 0 Å². The van der Waals surface area contributed by atoms with Gasteiger partial charge in [0, 0.05) is 5.75 Å². The zero-order valence-corrected chi connectivity index (χ0v) is 13.5. The van der Waals surface area contributed by atoms with E-state index in [0.29, 0.717) is 11.5 Å². The summed E-state index contributed by atoms with van der Waals surface area (Å²) in [4.78, 5) is 24.6. The first-order valence-corrected chi connectivity index (χ1v) is 7.71. The van der Waals surface area contributed by atoms with Gasteiger partial charge in [0.05, 0.1) is 33.2 Å². The lowest BCUT2D eigenvalue weighted by molar-refractivity contribution is -0.188. The molecule has 6 nitrogen and oxygen atoms in total. The first-order chi connectivity index (χ1) is 10.6. The maximum atomic E-state index is 12.3. The molecule has 0 aromatic heterocycles. The van der Waals surface area contributed by atoms with Crippen molar-refractivity contribution < 1.29 is 28.5 Å². The van der Waals surface area contributed by atoms with Gasteiger partial charge in [-0.1, -0.05) is 12.1 Å². The second-order valence-corrected chi connectivity index (χ2v) is 5.80. The Morgan fingerprint density at radius 2 is 1.73 bits per heavy atom. The van der Waals surface area contributed by atoms with Crippen molar-refractivity contribution in [3.05, 3.63) is 29.8 Å². The average molecular weight is 326 g/mol. The van der Waals surface area contributed by atoms with Gasteiger partial charge in [0.15, 0.2) is 0 Å². The van der Waals surface area contributed by atoms with Crippen LogP contribution in [-0.2, 0) is 23.8 Å². The number of esters is 2. The van der Waals surface area contributed by atoms with Crippen molar-refractivity contribution in [1.29, 1.82) is 0 Å². The molecule has 7 heteroatoms. The second kappa shape index (κ2) is 7.02. The molecule has 0 aliphatic carbocycles. The van der Waals surface area contributed by atoms with E-state index >= 15 is 0 Å². The first-order valence-electron chi connectivity index (χ1n) is 6.66. The minimum absolute atomic E-state index is 0.265. The van der Waals surface area contributed by atoms with E-state index in [1.54, 1.807) is 31.4 Å². The van der Waals surface area contributed by atoms with E-state index in [1.807, 2.05) is 0 Å². The van der Waals surface area contributed by atoms with Crippen LogP contribution in [0.25, 0.3) is 0 Å². The van der Waals surface area contributed by atoms with Gasteiger partial charge < -0.3 is 18.9 Å². The highest BCUT2D eigenvalue weighted by molar-refractivity contribution is 7.99. The highest BCUT2D eigenvalue weighted by atomic mass is 32.2. The maximum absolute atomic E-state index is 12.3. The Hall–Kier alpha value is -1.73. The van der Waals surface area contributed by atoms with Crippen molar-refractivity contribution in [2.24, 2.45) is 0 Å². The number of carbonyl (C=O) groups is 2. The predicted octanol–water partition coefficient (Wildman–Crippen LogP) is 1.58. The van der Waals surface area contributed by atoms with Crippen molar-refractivity contribution in [2.75, 3.05) is 33.7 Å². The molecule has 1 atom stereocenters. The molecule has 0 bridgehead atoms. The number of rotatable bonds is 4. The van der Waals surface area contributed by atoms with E-state index in [4.69, 9.17) is 18.9 Å². The number of carbonyl (C=O) groups excluding carboxylic acids is 2. The minimum atomic E-state index is -1.79. The van der Waals surface area contributed by atoms with Crippen LogP contribution in [0.15, 0.2) is 24.3 Å². The molecule has 1 fully saturated rings. The largest absolute Gasteiger partial charge is 0.497 e. The highest BCUT2D eigenvalue weighted by Crippen LogP contribution is 2.45. The van der Waals surface area contributed by atoms with Crippen LogP contribution in [0.2, 0.25) is 0 Å². The number of ether oxygens (including phenoxy) is 4. The third kappa shape index (κ3) is 2.78. The summed E-state index contributed by atoms with van der Waals surface area (Å²) in [7, 11) is 4.02. The number of methoxy groups -OCH3 is 3. The van der Waals surface area contributed by atoms with Crippen LogP contribution in [0, 0.1) is 0 Å². The third-order valence-electron chi connectivity index (χ3n) is 3.46. The molecule has 0 N–H and O–H groups in total. The molecule has 22 heavy (non-hydrogen) atoms. The molecule has 0 amide bonds. The van der Waals surface area contributed by atoms with Gasteiger partial charge in [-0.05, 0) is 17.7 Å². The topological polar surface area (TPSA) is 71.1 Å². The number of benzene rings is 1. The van der Waals surface area contributed by atoms with Crippen LogP contribution in [0.4, 0.5) is 0 Å². The van der Waals surface area contributed by atoms with Gasteiger partial charge in [-0.25, -0.2) is 9.59 Å². The predicted molar refractivity (Wildman–Crippen MR) is 80.9 cm³/mol. The normalized spacial score (nSPS) is 20.0. The molecule has 0 spiro atoms. The Morgan fingerprint density at radius 1 is 1.14 bits per heavy atom. The Kier molecular flexibility index (Phi) is 5.31. The van der Waals surface area contributed by atoms with Crippen LogP contribution >= 0.6 is 11.8 Å². The number of thioether (sulfide) groups is 1. The molecule has 1 unspecified atom stereocenters. The van der Waals surface area contributed by atoms with Crippen molar-refractivity contribution in [1.82, 2.24) is 0 Å². The Bertz CT molecular complexity index is 525. The summed E-state index contributed by atoms with van der Waals surface area (Å²) < 4.78 is 20.3. The number of hydrogen-bond donors (Lipinski definition) is 0. The van der Waals surface area contributed by atoms with E-state index in [-0.39, 0.29) is 6.61 Å².